The number of pyridine rings is 1. The van der Waals surface area contributed by atoms with Gasteiger partial charge >= 0.3 is 0 Å². The molecule has 1 heterocycles. The zero-order chi connectivity index (χ0) is 9.10. The van der Waals surface area contributed by atoms with Crippen molar-refractivity contribution in [3.05, 3.63) is 41.4 Å². The van der Waals surface area contributed by atoms with E-state index in [1.165, 1.54) is 0 Å². The lowest BCUT2D eigenvalue weighted by Crippen LogP contribution is -1.79. The number of nitrogens with zero attached hydrogens (tertiary/aromatic N) is 2. The van der Waals surface area contributed by atoms with Crippen molar-refractivity contribution in [2.24, 2.45) is 4.58 Å². The molecule has 0 saturated heterocycles. The molecule has 0 radical (unpaired) electrons. The van der Waals surface area contributed by atoms with E-state index in [-0.39, 0.29) is 0 Å². The van der Waals surface area contributed by atoms with Crippen molar-refractivity contribution in [1.82, 2.24) is 4.98 Å². The van der Waals surface area contributed by atoms with Crippen molar-refractivity contribution in [3.63, 3.8) is 0 Å². The number of fused-ring (bicyclic) bond motifs is 1. The van der Waals surface area contributed by atoms with Gasteiger partial charge in [-0.1, -0.05) is 18.2 Å². The second kappa shape index (κ2) is 3.53. The normalized spacial score (nSPS) is 10.2. The average Bonchev–Trinajstić information content (AvgIpc) is 2.19. The Morgan fingerprint density at radius 2 is 2.08 bits per heavy atom. The first-order valence-electron chi connectivity index (χ1n) is 3.75. The van der Waals surface area contributed by atoms with Crippen LogP contribution in [0, 0.1) is 4.91 Å². The minimum absolute atomic E-state index is 0.799. The largest absolute Gasteiger partial charge is 0.255 e. The monoisotopic (exact) mass is 190 g/mol. The number of hydrogen-bond donors (Lipinski definition) is 0. The Morgan fingerprint density at radius 1 is 1.23 bits per heavy atom. The van der Waals surface area contributed by atoms with E-state index in [2.05, 4.69) is 9.57 Å². The summed E-state index contributed by atoms with van der Waals surface area (Å²) < 4.78 is 2.78. The molecule has 64 valence electrons. The van der Waals surface area contributed by atoms with E-state index in [1.807, 2.05) is 30.3 Å². The SMILES string of the molecule is O=NSc1cccc2cccnc12. The second-order valence-electron chi connectivity index (χ2n) is 2.50. The summed E-state index contributed by atoms with van der Waals surface area (Å²) >= 11 is 0.912. The molecular formula is C9H6N2OS. The first-order chi connectivity index (χ1) is 6.42. The molecule has 0 aliphatic carbocycles. The van der Waals surface area contributed by atoms with Gasteiger partial charge in [0.25, 0.3) is 0 Å². The van der Waals surface area contributed by atoms with E-state index in [1.54, 1.807) is 6.20 Å². The summed E-state index contributed by atoms with van der Waals surface area (Å²) in [5, 5.41) is 1.02. The minimum atomic E-state index is 0.799. The molecule has 0 bridgehead atoms. The molecule has 0 spiro atoms. The van der Waals surface area contributed by atoms with Gasteiger partial charge in [0.1, 0.15) is 0 Å². The van der Waals surface area contributed by atoms with Gasteiger partial charge in [-0.2, -0.15) is 0 Å². The fourth-order valence-electron chi connectivity index (χ4n) is 1.19. The zero-order valence-electron chi connectivity index (χ0n) is 6.68. The van der Waals surface area contributed by atoms with E-state index >= 15 is 0 Å². The van der Waals surface area contributed by atoms with E-state index in [4.69, 9.17) is 0 Å². The standard InChI is InChI=1S/C9H6N2OS/c12-11-13-8-5-1-3-7-4-2-6-10-9(7)8/h1-6H. The number of aromatic nitrogens is 1. The average molecular weight is 190 g/mol. The Balaban J connectivity index is 2.68. The number of benzene rings is 1. The molecular weight excluding hydrogens is 184 g/mol. The van der Waals surface area contributed by atoms with Gasteiger partial charge in [0.05, 0.1) is 22.4 Å². The highest BCUT2D eigenvalue weighted by molar-refractivity contribution is 7.98. The third-order valence-corrected chi connectivity index (χ3v) is 2.33. The molecule has 2 aromatic rings. The van der Waals surface area contributed by atoms with Gasteiger partial charge in [-0.15, -0.1) is 4.91 Å². The molecule has 1 aromatic heterocycles. The van der Waals surface area contributed by atoms with Crippen LogP contribution >= 0.6 is 11.9 Å². The van der Waals surface area contributed by atoms with Gasteiger partial charge in [0.15, 0.2) is 0 Å². The highest BCUT2D eigenvalue weighted by atomic mass is 32.2. The van der Waals surface area contributed by atoms with Crippen molar-refractivity contribution in [2.45, 2.75) is 4.90 Å². The summed E-state index contributed by atoms with van der Waals surface area (Å²) in [6.07, 6.45) is 1.71. The van der Waals surface area contributed by atoms with Gasteiger partial charge in [0.2, 0.25) is 0 Å². The lowest BCUT2D eigenvalue weighted by molar-refractivity contribution is 1.35. The van der Waals surface area contributed by atoms with Crippen LogP contribution in [0.25, 0.3) is 10.9 Å². The molecule has 0 N–H and O–H groups in total. The molecule has 0 fully saturated rings. The van der Waals surface area contributed by atoms with Crippen molar-refractivity contribution in [3.8, 4) is 0 Å². The first-order valence-corrected chi connectivity index (χ1v) is 4.52. The Morgan fingerprint density at radius 3 is 2.92 bits per heavy atom. The lowest BCUT2D eigenvalue weighted by Gasteiger charge is -1.98. The summed E-state index contributed by atoms with van der Waals surface area (Å²) in [4.78, 5) is 15.1. The third kappa shape index (κ3) is 1.53. The van der Waals surface area contributed by atoms with Crippen LogP contribution in [0.2, 0.25) is 0 Å². The van der Waals surface area contributed by atoms with Gasteiger partial charge in [-0.25, -0.2) is 0 Å². The van der Waals surface area contributed by atoms with E-state index in [0.717, 1.165) is 27.7 Å². The fraction of sp³-hybridized carbons (Fsp3) is 0. The summed E-state index contributed by atoms with van der Waals surface area (Å²) in [6, 6.07) is 9.50. The highest BCUT2D eigenvalue weighted by Gasteiger charge is 2.01. The molecule has 4 heteroatoms. The lowest BCUT2D eigenvalue weighted by atomic mass is 10.2. The van der Waals surface area contributed by atoms with Crippen molar-refractivity contribution in [1.29, 1.82) is 0 Å². The smallest absolute Gasteiger partial charge is 0.0857 e. The van der Waals surface area contributed by atoms with Gasteiger partial charge in [0, 0.05) is 16.2 Å². The Kier molecular flexibility index (Phi) is 2.23. The van der Waals surface area contributed by atoms with Crippen molar-refractivity contribution >= 4 is 22.9 Å². The molecule has 0 saturated carbocycles. The maximum atomic E-state index is 10.1. The number of rotatable bonds is 2. The topological polar surface area (TPSA) is 42.3 Å². The maximum Gasteiger partial charge on any atom is 0.0857 e. The van der Waals surface area contributed by atoms with Crippen LogP contribution in [0.5, 0.6) is 0 Å². The van der Waals surface area contributed by atoms with Crippen LogP contribution in [0.1, 0.15) is 0 Å². The van der Waals surface area contributed by atoms with Crippen molar-refractivity contribution < 1.29 is 0 Å². The number of nitroso groups, excluding NO2 is 1. The number of para-hydroxylation sites is 1. The minimum Gasteiger partial charge on any atom is -0.255 e. The van der Waals surface area contributed by atoms with Crippen LogP contribution in [-0.2, 0) is 0 Å². The van der Waals surface area contributed by atoms with E-state index < -0.39 is 0 Å². The molecule has 3 nitrogen and oxygen atoms in total. The fourth-order valence-corrected chi connectivity index (χ4v) is 1.67. The molecule has 0 aliphatic heterocycles. The van der Waals surface area contributed by atoms with Crippen LogP contribution in [0.4, 0.5) is 0 Å². The van der Waals surface area contributed by atoms with Gasteiger partial charge < -0.3 is 0 Å². The van der Waals surface area contributed by atoms with Crippen LogP contribution in [-0.4, -0.2) is 4.98 Å². The Hall–Kier alpha value is -1.42. The number of hydrogen-bond acceptors (Lipinski definition) is 4. The van der Waals surface area contributed by atoms with E-state index in [0.29, 0.717) is 0 Å². The van der Waals surface area contributed by atoms with Crippen LogP contribution < -0.4 is 0 Å². The highest BCUT2D eigenvalue weighted by Crippen LogP contribution is 2.26. The molecule has 0 unspecified atom stereocenters. The summed E-state index contributed by atoms with van der Waals surface area (Å²) in [5.74, 6) is 0. The predicted octanol–water partition coefficient (Wildman–Crippen LogP) is 3.01. The Bertz CT molecular complexity index is 439. The summed E-state index contributed by atoms with van der Waals surface area (Å²) in [6.45, 7) is 0. The summed E-state index contributed by atoms with van der Waals surface area (Å²) in [5.41, 5.74) is 0.828. The molecule has 0 atom stereocenters. The zero-order valence-corrected chi connectivity index (χ0v) is 7.49. The van der Waals surface area contributed by atoms with E-state index in [9.17, 15) is 4.91 Å². The summed E-state index contributed by atoms with van der Waals surface area (Å²) in [7, 11) is 0. The van der Waals surface area contributed by atoms with Crippen LogP contribution in [0.3, 0.4) is 0 Å². The first kappa shape index (κ1) is 8.19. The maximum absolute atomic E-state index is 10.1. The molecule has 2 rings (SSSR count). The molecule has 1 aromatic carbocycles. The molecule has 13 heavy (non-hydrogen) atoms. The quantitative estimate of drug-likeness (QED) is 0.540. The molecule has 0 amide bonds. The second-order valence-corrected chi connectivity index (χ2v) is 3.27. The van der Waals surface area contributed by atoms with Gasteiger partial charge in [-0.3, -0.25) is 4.98 Å². The molecule has 0 aliphatic rings. The van der Waals surface area contributed by atoms with Gasteiger partial charge in [-0.05, 0) is 12.1 Å². The Labute approximate surface area is 79.3 Å². The third-order valence-electron chi connectivity index (χ3n) is 1.73. The van der Waals surface area contributed by atoms with Crippen molar-refractivity contribution in [2.75, 3.05) is 0 Å². The van der Waals surface area contributed by atoms with Crippen LogP contribution in [0.15, 0.2) is 46.0 Å². The predicted molar refractivity (Wildman–Crippen MR) is 53.4 cm³/mol.